The molecule has 0 spiro atoms. The summed E-state index contributed by atoms with van der Waals surface area (Å²) in [5.74, 6) is -1.27. The van der Waals surface area contributed by atoms with Crippen LogP contribution in [-0.4, -0.2) is 19.6 Å². The van der Waals surface area contributed by atoms with Gasteiger partial charge >= 0.3 is 18.3 Å². The van der Waals surface area contributed by atoms with E-state index >= 15 is 0 Å². The van der Waals surface area contributed by atoms with Gasteiger partial charge in [0.25, 0.3) is 0 Å². The molecule has 1 aliphatic rings. The lowest BCUT2D eigenvalue weighted by atomic mass is 10.7. The molecule has 1 heterocycles. The lowest BCUT2D eigenvalue weighted by Gasteiger charge is -2.17. The molecule has 0 atom stereocenters. The van der Waals surface area contributed by atoms with Gasteiger partial charge in [-0.1, -0.05) is 0 Å². The van der Waals surface area contributed by atoms with Gasteiger partial charge in [0.1, 0.15) is 13.2 Å². The minimum absolute atomic E-state index is 0.128. The van der Waals surface area contributed by atoms with Crippen LogP contribution in [0.2, 0.25) is 0 Å². The Balaban J connectivity index is 2.61. The summed E-state index contributed by atoms with van der Waals surface area (Å²) in [5, 5.41) is 0. The summed E-state index contributed by atoms with van der Waals surface area (Å²) in [6.45, 7) is -0.296. The van der Waals surface area contributed by atoms with Gasteiger partial charge in [0, 0.05) is 0 Å². The van der Waals surface area contributed by atoms with Crippen molar-refractivity contribution in [2.24, 2.45) is 0 Å². The fourth-order valence-electron chi connectivity index (χ4n) is 0.556. The van der Waals surface area contributed by atoms with Crippen molar-refractivity contribution in [2.75, 3.05) is 13.2 Å². The van der Waals surface area contributed by atoms with Crippen LogP contribution in [0.15, 0.2) is 12.0 Å². The van der Waals surface area contributed by atoms with E-state index in [1.807, 2.05) is 0 Å². The van der Waals surface area contributed by atoms with Crippen molar-refractivity contribution >= 4 is 0 Å². The lowest BCUT2D eigenvalue weighted by molar-refractivity contribution is -0.328. The summed E-state index contributed by atoms with van der Waals surface area (Å²) in [6.07, 6.45) is -4.96. The second-order valence-electron chi connectivity index (χ2n) is 1.81. The number of alkyl halides is 3. The standard InChI is InChI=1S/C5H4F4O3/c6-3-4(11-2-1-10-3)12-5(7,8)9/h1-2H2. The Labute approximate surface area is 64.5 Å². The highest BCUT2D eigenvalue weighted by molar-refractivity contribution is 4.87. The van der Waals surface area contributed by atoms with E-state index in [1.54, 1.807) is 0 Å². The first kappa shape index (κ1) is 8.95. The third-order valence-electron chi connectivity index (χ3n) is 0.914. The van der Waals surface area contributed by atoms with Crippen LogP contribution in [0.5, 0.6) is 0 Å². The fourth-order valence-corrected chi connectivity index (χ4v) is 0.556. The Morgan fingerprint density at radius 2 is 1.75 bits per heavy atom. The van der Waals surface area contributed by atoms with E-state index in [4.69, 9.17) is 0 Å². The average molecular weight is 188 g/mol. The van der Waals surface area contributed by atoms with E-state index in [0.717, 1.165) is 0 Å². The third-order valence-corrected chi connectivity index (χ3v) is 0.914. The smallest absolute Gasteiger partial charge is 0.462 e. The summed E-state index contributed by atoms with van der Waals surface area (Å²) < 4.78 is 58.1. The molecule has 0 bridgehead atoms. The summed E-state index contributed by atoms with van der Waals surface area (Å²) in [7, 11) is 0. The van der Waals surface area contributed by atoms with E-state index in [2.05, 4.69) is 14.2 Å². The number of rotatable bonds is 1. The minimum atomic E-state index is -4.96. The van der Waals surface area contributed by atoms with Crippen molar-refractivity contribution in [3.8, 4) is 0 Å². The molecule has 3 nitrogen and oxygen atoms in total. The second-order valence-corrected chi connectivity index (χ2v) is 1.81. The van der Waals surface area contributed by atoms with Crippen LogP contribution in [0.3, 0.4) is 0 Å². The zero-order valence-electron chi connectivity index (χ0n) is 5.65. The molecule has 0 saturated carbocycles. The molecule has 0 aromatic heterocycles. The first-order valence-electron chi connectivity index (χ1n) is 2.90. The van der Waals surface area contributed by atoms with Crippen molar-refractivity contribution in [1.82, 2.24) is 0 Å². The Morgan fingerprint density at radius 1 is 1.17 bits per heavy atom. The fraction of sp³-hybridized carbons (Fsp3) is 0.600. The third kappa shape index (κ3) is 2.48. The van der Waals surface area contributed by atoms with Crippen LogP contribution >= 0.6 is 0 Å². The van der Waals surface area contributed by atoms with Crippen LogP contribution in [0, 0.1) is 0 Å². The Kier molecular flexibility index (Phi) is 2.30. The molecular weight excluding hydrogens is 184 g/mol. The normalized spacial score (nSPS) is 18.3. The number of halogens is 4. The van der Waals surface area contributed by atoms with Crippen LogP contribution in [0.1, 0.15) is 0 Å². The van der Waals surface area contributed by atoms with E-state index in [9.17, 15) is 17.6 Å². The molecule has 0 fully saturated rings. The lowest BCUT2D eigenvalue weighted by Crippen LogP contribution is -2.20. The second kappa shape index (κ2) is 3.08. The van der Waals surface area contributed by atoms with Crippen molar-refractivity contribution in [1.29, 1.82) is 0 Å². The highest BCUT2D eigenvalue weighted by Crippen LogP contribution is 2.25. The minimum Gasteiger partial charge on any atom is -0.462 e. The molecule has 0 N–H and O–H groups in total. The first-order chi connectivity index (χ1) is 5.49. The van der Waals surface area contributed by atoms with Gasteiger partial charge < -0.3 is 14.2 Å². The largest absolute Gasteiger partial charge is 0.575 e. The Bertz CT molecular complexity index is 197. The molecule has 1 rings (SSSR count). The Morgan fingerprint density at radius 3 is 2.25 bits per heavy atom. The molecule has 0 amide bonds. The van der Waals surface area contributed by atoms with Crippen molar-refractivity contribution in [3.63, 3.8) is 0 Å². The molecule has 1 aliphatic heterocycles. The molecular formula is C5H4F4O3. The van der Waals surface area contributed by atoms with Gasteiger partial charge in [0.2, 0.25) is 0 Å². The van der Waals surface area contributed by atoms with Crippen LogP contribution in [0.25, 0.3) is 0 Å². The zero-order valence-corrected chi connectivity index (χ0v) is 5.65. The van der Waals surface area contributed by atoms with E-state index in [1.165, 1.54) is 0 Å². The highest BCUT2D eigenvalue weighted by Gasteiger charge is 2.36. The number of hydrogen-bond acceptors (Lipinski definition) is 3. The summed E-state index contributed by atoms with van der Waals surface area (Å²) in [5.41, 5.74) is 0. The average Bonchev–Trinajstić information content (AvgIpc) is 1.91. The zero-order chi connectivity index (χ0) is 9.19. The topological polar surface area (TPSA) is 27.7 Å². The molecule has 7 heteroatoms. The van der Waals surface area contributed by atoms with E-state index in [-0.39, 0.29) is 13.2 Å². The van der Waals surface area contributed by atoms with Gasteiger partial charge in [-0.25, -0.2) is 0 Å². The molecule has 70 valence electrons. The molecule has 0 aromatic carbocycles. The predicted octanol–water partition coefficient (Wildman–Crippen LogP) is 1.67. The van der Waals surface area contributed by atoms with Crippen LogP contribution in [-0.2, 0) is 14.2 Å². The monoisotopic (exact) mass is 188 g/mol. The van der Waals surface area contributed by atoms with Crippen LogP contribution in [0.4, 0.5) is 17.6 Å². The van der Waals surface area contributed by atoms with Crippen molar-refractivity contribution < 1.29 is 31.8 Å². The van der Waals surface area contributed by atoms with Gasteiger partial charge in [-0.3, -0.25) is 0 Å². The molecule has 0 aromatic rings. The summed E-state index contributed by atoms with van der Waals surface area (Å²) in [4.78, 5) is 0. The van der Waals surface area contributed by atoms with Crippen molar-refractivity contribution in [3.05, 3.63) is 12.0 Å². The maximum absolute atomic E-state index is 12.3. The maximum Gasteiger partial charge on any atom is 0.575 e. The number of hydrogen-bond donors (Lipinski definition) is 0. The number of ether oxygens (including phenoxy) is 3. The molecule has 12 heavy (non-hydrogen) atoms. The molecule has 0 aliphatic carbocycles. The van der Waals surface area contributed by atoms with Gasteiger partial charge in [-0.15, -0.1) is 13.2 Å². The SMILES string of the molecule is FC1=C(OC(F)(F)F)OCCO1. The molecule has 0 unspecified atom stereocenters. The van der Waals surface area contributed by atoms with Crippen LogP contribution < -0.4 is 0 Å². The van der Waals surface area contributed by atoms with Gasteiger partial charge in [0.15, 0.2) is 0 Å². The van der Waals surface area contributed by atoms with Gasteiger partial charge in [-0.2, -0.15) is 4.39 Å². The summed E-state index contributed by atoms with van der Waals surface area (Å²) in [6, 6.07) is -1.49. The highest BCUT2D eigenvalue weighted by atomic mass is 19.4. The predicted molar refractivity (Wildman–Crippen MR) is 27.2 cm³/mol. The summed E-state index contributed by atoms with van der Waals surface area (Å²) >= 11 is 0. The van der Waals surface area contributed by atoms with Gasteiger partial charge in [-0.05, 0) is 0 Å². The maximum atomic E-state index is 12.3. The van der Waals surface area contributed by atoms with E-state index < -0.39 is 18.3 Å². The van der Waals surface area contributed by atoms with Crippen molar-refractivity contribution in [2.45, 2.75) is 6.36 Å². The quantitative estimate of drug-likeness (QED) is 0.585. The first-order valence-corrected chi connectivity index (χ1v) is 2.90. The van der Waals surface area contributed by atoms with E-state index in [0.29, 0.717) is 0 Å². The van der Waals surface area contributed by atoms with Gasteiger partial charge in [0.05, 0.1) is 0 Å². The molecule has 0 radical (unpaired) electrons. The molecule has 0 saturated heterocycles. The Hall–Kier alpha value is -1.14.